The van der Waals surface area contributed by atoms with Gasteiger partial charge in [0.05, 0.1) is 12.5 Å². The molecule has 0 saturated heterocycles. The van der Waals surface area contributed by atoms with Crippen molar-refractivity contribution in [3.63, 3.8) is 0 Å². The molecule has 1 rings (SSSR count). The number of hydrogen-bond acceptors (Lipinski definition) is 3. The van der Waals surface area contributed by atoms with Crippen LogP contribution in [0, 0.1) is 5.92 Å². The summed E-state index contributed by atoms with van der Waals surface area (Å²) >= 11 is 0. The van der Waals surface area contributed by atoms with Crippen molar-refractivity contribution in [1.82, 2.24) is 5.32 Å². The third kappa shape index (κ3) is 5.03. The highest BCUT2D eigenvalue weighted by atomic mass is 16.5. The normalized spacial score (nSPS) is 13.9. The molecular formula is C16H25NO2. The number of rotatable bonds is 7. The molecular weight excluding hydrogens is 238 g/mol. The van der Waals surface area contributed by atoms with Crippen LogP contribution in [-0.4, -0.2) is 19.1 Å². The Morgan fingerprint density at radius 1 is 1.21 bits per heavy atom. The smallest absolute Gasteiger partial charge is 0.309 e. The lowest BCUT2D eigenvalue weighted by molar-refractivity contribution is -0.147. The number of aryl methyl sites for hydroxylation is 1. The molecule has 1 aromatic carbocycles. The third-order valence-electron chi connectivity index (χ3n) is 3.31. The van der Waals surface area contributed by atoms with Gasteiger partial charge in [-0.05, 0) is 31.4 Å². The van der Waals surface area contributed by atoms with E-state index in [-0.39, 0.29) is 17.9 Å². The van der Waals surface area contributed by atoms with E-state index in [1.165, 1.54) is 11.1 Å². The number of ether oxygens (including phenoxy) is 1. The van der Waals surface area contributed by atoms with Crippen LogP contribution in [0.3, 0.4) is 0 Å². The minimum atomic E-state index is -0.136. The van der Waals surface area contributed by atoms with E-state index < -0.39 is 0 Å². The van der Waals surface area contributed by atoms with E-state index in [1.54, 1.807) is 0 Å². The van der Waals surface area contributed by atoms with Gasteiger partial charge in [0.25, 0.3) is 0 Å². The fourth-order valence-electron chi connectivity index (χ4n) is 1.88. The second kappa shape index (κ2) is 7.95. The number of carbonyl (C=O) groups excluding carboxylic acids is 1. The summed E-state index contributed by atoms with van der Waals surface area (Å²) in [6.07, 6.45) is 1.06. The van der Waals surface area contributed by atoms with Gasteiger partial charge in [-0.3, -0.25) is 4.79 Å². The molecule has 0 spiro atoms. The van der Waals surface area contributed by atoms with Crippen LogP contribution in [0.25, 0.3) is 0 Å². The van der Waals surface area contributed by atoms with Crippen LogP contribution in [0.1, 0.15) is 44.9 Å². The number of nitrogens with one attached hydrogen (secondary N) is 1. The first kappa shape index (κ1) is 15.7. The predicted molar refractivity (Wildman–Crippen MR) is 78.0 cm³/mol. The standard InChI is InChI=1S/C16H25NO2/c1-5-14-7-9-15(10-8-14)13(4)17-11-12(3)16(18)19-6-2/h7-10,12-13,17H,5-6,11H2,1-4H3. The predicted octanol–water partition coefficient (Wildman–Crippen LogP) is 3.10. The summed E-state index contributed by atoms with van der Waals surface area (Å²) in [4.78, 5) is 11.5. The molecule has 0 heterocycles. The van der Waals surface area contributed by atoms with E-state index in [1.807, 2.05) is 13.8 Å². The zero-order valence-corrected chi connectivity index (χ0v) is 12.4. The van der Waals surface area contributed by atoms with Crippen LogP contribution in [0.5, 0.6) is 0 Å². The van der Waals surface area contributed by atoms with Gasteiger partial charge < -0.3 is 10.1 Å². The van der Waals surface area contributed by atoms with Crippen LogP contribution >= 0.6 is 0 Å². The van der Waals surface area contributed by atoms with E-state index in [9.17, 15) is 4.79 Å². The zero-order valence-electron chi connectivity index (χ0n) is 12.4. The Balaban J connectivity index is 2.45. The second-order valence-electron chi connectivity index (χ2n) is 4.88. The average Bonchev–Trinajstić information content (AvgIpc) is 2.44. The van der Waals surface area contributed by atoms with Crippen molar-refractivity contribution in [2.45, 2.75) is 40.2 Å². The van der Waals surface area contributed by atoms with Crippen LogP contribution < -0.4 is 5.32 Å². The summed E-state index contributed by atoms with van der Waals surface area (Å²) in [5, 5.41) is 3.37. The summed E-state index contributed by atoms with van der Waals surface area (Å²) in [6.45, 7) is 9.05. The molecule has 0 aromatic heterocycles. The molecule has 106 valence electrons. The summed E-state index contributed by atoms with van der Waals surface area (Å²) in [7, 11) is 0. The minimum absolute atomic E-state index is 0.114. The second-order valence-corrected chi connectivity index (χ2v) is 4.88. The molecule has 3 nitrogen and oxygen atoms in total. The Hall–Kier alpha value is -1.35. The Kier molecular flexibility index (Phi) is 6.57. The summed E-state index contributed by atoms with van der Waals surface area (Å²) in [5.41, 5.74) is 2.59. The number of hydrogen-bond donors (Lipinski definition) is 1. The monoisotopic (exact) mass is 263 g/mol. The molecule has 0 aliphatic carbocycles. The van der Waals surface area contributed by atoms with Gasteiger partial charge in [0.1, 0.15) is 0 Å². The first-order valence-corrected chi connectivity index (χ1v) is 7.07. The molecule has 0 radical (unpaired) electrons. The first-order valence-electron chi connectivity index (χ1n) is 7.07. The van der Waals surface area contributed by atoms with Crippen molar-refractivity contribution in [3.05, 3.63) is 35.4 Å². The lowest BCUT2D eigenvalue weighted by atomic mass is 10.0. The topological polar surface area (TPSA) is 38.3 Å². The molecule has 3 heteroatoms. The molecule has 0 aliphatic heterocycles. The van der Waals surface area contributed by atoms with Gasteiger partial charge >= 0.3 is 5.97 Å². The Morgan fingerprint density at radius 3 is 2.37 bits per heavy atom. The van der Waals surface area contributed by atoms with Crippen molar-refractivity contribution in [2.24, 2.45) is 5.92 Å². The molecule has 0 saturated carbocycles. The maximum Gasteiger partial charge on any atom is 0.309 e. The fourth-order valence-corrected chi connectivity index (χ4v) is 1.88. The van der Waals surface area contributed by atoms with Gasteiger partial charge in [0.15, 0.2) is 0 Å². The average molecular weight is 263 g/mol. The van der Waals surface area contributed by atoms with Crippen molar-refractivity contribution in [3.8, 4) is 0 Å². The third-order valence-corrected chi connectivity index (χ3v) is 3.31. The maximum absolute atomic E-state index is 11.5. The van der Waals surface area contributed by atoms with Crippen LogP contribution in [-0.2, 0) is 16.0 Å². The molecule has 1 N–H and O–H groups in total. The summed E-state index contributed by atoms with van der Waals surface area (Å²) in [5.74, 6) is -0.249. The molecule has 19 heavy (non-hydrogen) atoms. The van der Waals surface area contributed by atoms with Crippen molar-refractivity contribution in [2.75, 3.05) is 13.2 Å². The number of benzene rings is 1. The van der Waals surface area contributed by atoms with Crippen LogP contribution in [0.4, 0.5) is 0 Å². The van der Waals surface area contributed by atoms with E-state index >= 15 is 0 Å². The Bertz CT molecular complexity index is 386. The van der Waals surface area contributed by atoms with E-state index in [0.29, 0.717) is 13.2 Å². The SMILES string of the molecule is CCOC(=O)C(C)CNC(C)c1ccc(CC)cc1. The van der Waals surface area contributed by atoms with E-state index in [2.05, 4.69) is 43.4 Å². The molecule has 0 fully saturated rings. The lowest BCUT2D eigenvalue weighted by Gasteiger charge is -2.17. The zero-order chi connectivity index (χ0) is 14.3. The molecule has 1 aromatic rings. The van der Waals surface area contributed by atoms with E-state index in [0.717, 1.165) is 6.42 Å². The molecule has 2 atom stereocenters. The highest BCUT2D eigenvalue weighted by Gasteiger charge is 2.15. The highest BCUT2D eigenvalue weighted by Crippen LogP contribution is 2.14. The summed E-state index contributed by atoms with van der Waals surface area (Å²) < 4.78 is 4.99. The molecule has 0 amide bonds. The fraction of sp³-hybridized carbons (Fsp3) is 0.562. The van der Waals surface area contributed by atoms with Gasteiger partial charge in [0.2, 0.25) is 0 Å². The van der Waals surface area contributed by atoms with Gasteiger partial charge in [0, 0.05) is 12.6 Å². The van der Waals surface area contributed by atoms with E-state index in [4.69, 9.17) is 4.74 Å². The van der Waals surface area contributed by atoms with Crippen LogP contribution in [0.15, 0.2) is 24.3 Å². The maximum atomic E-state index is 11.5. The van der Waals surface area contributed by atoms with Gasteiger partial charge in [-0.15, -0.1) is 0 Å². The lowest BCUT2D eigenvalue weighted by Crippen LogP contribution is -2.29. The number of esters is 1. The molecule has 0 aliphatic rings. The van der Waals surface area contributed by atoms with Gasteiger partial charge in [-0.1, -0.05) is 38.1 Å². The van der Waals surface area contributed by atoms with Crippen molar-refractivity contribution < 1.29 is 9.53 Å². The van der Waals surface area contributed by atoms with Gasteiger partial charge in [-0.25, -0.2) is 0 Å². The molecule has 0 bridgehead atoms. The Morgan fingerprint density at radius 2 is 1.84 bits per heavy atom. The quantitative estimate of drug-likeness (QED) is 0.768. The Labute approximate surface area is 116 Å². The molecule has 2 unspecified atom stereocenters. The van der Waals surface area contributed by atoms with Crippen molar-refractivity contribution in [1.29, 1.82) is 0 Å². The van der Waals surface area contributed by atoms with Gasteiger partial charge in [-0.2, -0.15) is 0 Å². The number of carbonyl (C=O) groups is 1. The van der Waals surface area contributed by atoms with Crippen LogP contribution in [0.2, 0.25) is 0 Å². The highest BCUT2D eigenvalue weighted by molar-refractivity contribution is 5.72. The summed E-state index contributed by atoms with van der Waals surface area (Å²) in [6, 6.07) is 8.84. The minimum Gasteiger partial charge on any atom is -0.466 e. The first-order chi connectivity index (χ1) is 9.08. The van der Waals surface area contributed by atoms with Crippen molar-refractivity contribution >= 4 is 5.97 Å². The largest absolute Gasteiger partial charge is 0.466 e.